The van der Waals surface area contributed by atoms with Gasteiger partial charge in [0.1, 0.15) is 35.4 Å². The minimum Gasteiger partial charge on any atom is -0.497 e. The first kappa shape index (κ1) is 25.3. The van der Waals surface area contributed by atoms with E-state index in [-0.39, 0.29) is 30.9 Å². The molecule has 10 heteroatoms. The van der Waals surface area contributed by atoms with Crippen LogP contribution in [0, 0.1) is 0 Å². The summed E-state index contributed by atoms with van der Waals surface area (Å²) in [6.07, 6.45) is 5.50. The molecule has 2 aromatic carbocycles. The fourth-order valence-corrected chi connectivity index (χ4v) is 4.99. The minimum atomic E-state index is -0.983. The number of aromatic nitrogens is 3. The molecular weight excluding hydrogens is 486 g/mol. The van der Waals surface area contributed by atoms with Gasteiger partial charge in [0.2, 0.25) is 11.8 Å². The maximum Gasteiger partial charge on any atom is 0.247 e. The fourth-order valence-electron chi connectivity index (χ4n) is 4.99. The van der Waals surface area contributed by atoms with Crippen molar-refractivity contribution in [1.29, 1.82) is 0 Å². The van der Waals surface area contributed by atoms with Gasteiger partial charge in [0.25, 0.3) is 0 Å². The highest BCUT2D eigenvalue weighted by Crippen LogP contribution is 2.35. The third kappa shape index (κ3) is 5.34. The molecule has 2 amide bonds. The number of nitrogens with one attached hydrogen (secondary N) is 1. The largest absolute Gasteiger partial charge is 0.497 e. The number of para-hydroxylation sites is 1. The van der Waals surface area contributed by atoms with Crippen LogP contribution in [0.5, 0.6) is 11.5 Å². The van der Waals surface area contributed by atoms with Gasteiger partial charge in [-0.3, -0.25) is 9.59 Å². The van der Waals surface area contributed by atoms with Crippen molar-refractivity contribution in [3.63, 3.8) is 0 Å². The van der Waals surface area contributed by atoms with E-state index in [0.29, 0.717) is 28.3 Å². The Morgan fingerprint density at radius 3 is 2.66 bits per heavy atom. The molecule has 1 aliphatic carbocycles. The maximum absolute atomic E-state index is 14.0. The smallest absolute Gasteiger partial charge is 0.247 e. The molecule has 5 rings (SSSR count). The predicted octanol–water partition coefficient (Wildman–Crippen LogP) is 3.87. The molecule has 0 radical (unpaired) electrons. The second kappa shape index (κ2) is 11.4. The Morgan fingerprint density at radius 1 is 1.11 bits per heavy atom. The molecule has 2 heterocycles. The third-order valence-corrected chi connectivity index (χ3v) is 6.93. The van der Waals surface area contributed by atoms with Gasteiger partial charge in [0.05, 0.1) is 32.5 Å². The first-order valence-electron chi connectivity index (χ1n) is 12.7. The number of furan rings is 1. The lowest BCUT2D eigenvalue weighted by Gasteiger charge is -2.32. The van der Waals surface area contributed by atoms with Crippen LogP contribution in [0.4, 0.5) is 0 Å². The van der Waals surface area contributed by atoms with Crippen LogP contribution in [0.1, 0.15) is 43.0 Å². The standard InChI is InChI=1S/C28H31N5O5/c1-36-20-13-14-22(25(16-20)37-2)27(28(35)29-19-8-3-4-9-19)32(17-21-10-7-15-38-21)26(34)18-33-24-12-6-5-11-23(24)30-31-33/h5-7,10-16,19,27H,3-4,8-9,17-18H2,1-2H3,(H,29,35)/t27-/m1/s1. The molecule has 0 aliphatic heterocycles. The Bertz CT molecular complexity index is 1390. The molecule has 0 spiro atoms. The summed E-state index contributed by atoms with van der Waals surface area (Å²) in [5, 5.41) is 11.5. The second-order valence-electron chi connectivity index (χ2n) is 9.34. The molecule has 1 fully saturated rings. The Balaban J connectivity index is 1.56. The van der Waals surface area contributed by atoms with Crippen LogP contribution in [0.3, 0.4) is 0 Å². The van der Waals surface area contributed by atoms with Crippen molar-refractivity contribution in [1.82, 2.24) is 25.2 Å². The van der Waals surface area contributed by atoms with Gasteiger partial charge in [-0.05, 0) is 49.2 Å². The van der Waals surface area contributed by atoms with E-state index in [2.05, 4.69) is 15.6 Å². The summed E-state index contributed by atoms with van der Waals surface area (Å²) in [7, 11) is 3.10. The van der Waals surface area contributed by atoms with Crippen LogP contribution in [-0.4, -0.2) is 52.0 Å². The van der Waals surface area contributed by atoms with Gasteiger partial charge in [-0.2, -0.15) is 0 Å². The van der Waals surface area contributed by atoms with Crippen molar-refractivity contribution in [2.45, 2.75) is 50.9 Å². The lowest BCUT2D eigenvalue weighted by Crippen LogP contribution is -2.46. The minimum absolute atomic E-state index is 0.0640. The molecule has 1 aliphatic rings. The van der Waals surface area contributed by atoms with Crippen LogP contribution >= 0.6 is 0 Å². The number of fused-ring (bicyclic) bond motifs is 1. The van der Waals surface area contributed by atoms with Gasteiger partial charge in [-0.1, -0.05) is 30.2 Å². The molecule has 1 saturated carbocycles. The summed E-state index contributed by atoms with van der Waals surface area (Å²) in [5.41, 5.74) is 1.96. The van der Waals surface area contributed by atoms with Gasteiger partial charge >= 0.3 is 0 Å². The molecule has 2 aromatic heterocycles. The average molecular weight is 518 g/mol. The van der Waals surface area contributed by atoms with Crippen LogP contribution in [0.2, 0.25) is 0 Å². The summed E-state index contributed by atoms with van der Waals surface area (Å²) in [6, 6.07) is 15.3. The first-order valence-corrected chi connectivity index (χ1v) is 12.7. The first-order chi connectivity index (χ1) is 18.6. The molecule has 0 saturated heterocycles. The number of carbonyl (C=O) groups is 2. The van der Waals surface area contributed by atoms with Crippen LogP contribution in [-0.2, 0) is 22.7 Å². The zero-order chi connectivity index (χ0) is 26.5. The van der Waals surface area contributed by atoms with Crippen molar-refractivity contribution < 1.29 is 23.5 Å². The van der Waals surface area contributed by atoms with Crippen molar-refractivity contribution in [2.75, 3.05) is 14.2 Å². The quantitative estimate of drug-likeness (QED) is 0.340. The van der Waals surface area contributed by atoms with E-state index < -0.39 is 6.04 Å². The highest BCUT2D eigenvalue weighted by Gasteiger charge is 2.36. The Hall–Kier alpha value is -4.34. The zero-order valence-corrected chi connectivity index (χ0v) is 21.5. The zero-order valence-electron chi connectivity index (χ0n) is 21.5. The summed E-state index contributed by atoms with van der Waals surface area (Å²) in [5.74, 6) is 0.982. The highest BCUT2D eigenvalue weighted by atomic mass is 16.5. The predicted molar refractivity (Wildman–Crippen MR) is 139 cm³/mol. The Morgan fingerprint density at radius 2 is 1.92 bits per heavy atom. The van der Waals surface area contributed by atoms with Crippen LogP contribution in [0.25, 0.3) is 11.0 Å². The lowest BCUT2D eigenvalue weighted by molar-refractivity contribution is -0.142. The van der Waals surface area contributed by atoms with Crippen molar-refractivity contribution in [3.8, 4) is 11.5 Å². The SMILES string of the molecule is COc1ccc([C@H](C(=O)NC2CCCC2)N(Cc2ccco2)C(=O)Cn2nnc3ccccc32)c(OC)c1. The third-order valence-electron chi connectivity index (χ3n) is 6.93. The van der Waals surface area contributed by atoms with E-state index in [1.807, 2.05) is 24.3 Å². The fraction of sp³-hybridized carbons (Fsp3) is 0.357. The number of hydrogen-bond acceptors (Lipinski definition) is 7. The molecule has 38 heavy (non-hydrogen) atoms. The summed E-state index contributed by atoms with van der Waals surface area (Å²) < 4.78 is 18.2. The number of nitrogens with zero attached hydrogens (tertiary/aromatic N) is 4. The maximum atomic E-state index is 14.0. The van der Waals surface area contributed by atoms with Crippen LogP contribution in [0.15, 0.2) is 65.3 Å². The van der Waals surface area contributed by atoms with E-state index in [1.165, 1.54) is 12.0 Å². The van der Waals surface area contributed by atoms with Crippen molar-refractivity contribution in [2.24, 2.45) is 0 Å². The van der Waals surface area contributed by atoms with Crippen LogP contribution < -0.4 is 14.8 Å². The molecular formula is C28H31N5O5. The summed E-state index contributed by atoms with van der Waals surface area (Å²) >= 11 is 0. The number of ether oxygens (including phenoxy) is 2. The lowest BCUT2D eigenvalue weighted by atomic mass is 10.0. The van der Waals surface area contributed by atoms with Gasteiger partial charge in [-0.25, -0.2) is 4.68 Å². The topological polar surface area (TPSA) is 112 Å². The monoisotopic (exact) mass is 517 g/mol. The van der Waals surface area contributed by atoms with Gasteiger partial charge in [-0.15, -0.1) is 5.10 Å². The van der Waals surface area contributed by atoms with Gasteiger partial charge < -0.3 is 24.1 Å². The number of carbonyl (C=O) groups excluding carboxylic acids is 2. The summed E-state index contributed by atoms with van der Waals surface area (Å²) in [6.45, 7) is -0.0245. The molecule has 10 nitrogen and oxygen atoms in total. The molecule has 0 bridgehead atoms. The number of methoxy groups -OCH3 is 2. The normalized spacial score (nSPS) is 14.4. The molecule has 1 atom stereocenters. The summed E-state index contributed by atoms with van der Waals surface area (Å²) in [4.78, 5) is 29.5. The number of hydrogen-bond donors (Lipinski definition) is 1. The van der Waals surface area contributed by atoms with Crippen molar-refractivity contribution >= 4 is 22.8 Å². The number of amides is 2. The van der Waals surface area contributed by atoms with Gasteiger partial charge in [0.15, 0.2) is 0 Å². The van der Waals surface area contributed by atoms with E-state index in [4.69, 9.17) is 13.9 Å². The molecule has 4 aromatic rings. The van der Waals surface area contributed by atoms with E-state index in [9.17, 15) is 9.59 Å². The van der Waals surface area contributed by atoms with E-state index >= 15 is 0 Å². The van der Waals surface area contributed by atoms with Gasteiger partial charge in [0, 0.05) is 17.7 Å². The second-order valence-corrected chi connectivity index (χ2v) is 9.34. The van der Waals surface area contributed by atoms with E-state index in [1.54, 1.807) is 48.4 Å². The number of rotatable bonds is 10. The van der Waals surface area contributed by atoms with E-state index in [0.717, 1.165) is 31.2 Å². The molecule has 198 valence electrons. The average Bonchev–Trinajstić information content (AvgIpc) is 3.72. The Kier molecular flexibility index (Phi) is 7.57. The molecule has 1 N–H and O–H groups in total. The van der Waals surface area contributed by atoms with Crippen molar-refractivity contribution in [3.05, 3.63) is 72.2 Å². The molecule has 0 unspecified atom stereocenters. The number of benzene rings is 2. The Labute approximate surface area is 220 Å². The highest BCUT2D eigenvalue weighted by molar-refractivity contribution is 5.90.